The van der Waals surface area contributed by atoms with Crippen molar-refractivity contribution in [3.8, 4) is 0 Å². The molecule has 7 heteroatoms. The van der Waals surface area contributed by atoms with Crippen LogP contribution in [0.3, 0.4) is 0 Å². The molecule has 0 bridgehead atoms. The third-order valence-corrected chi connectivity index (χ3v) is 3.81. The maximum absolute atomic E-state index is 13.0. The lowest BCUT2D eigenvalue weighted by atomic mass is 10.0. The number of carbonyl (C=O) groups excluding carboxylic acids is 1. The van der Waals surface area contributed by atoms with Gasteiger partial charge < -0.3 is 10.0 Å². The number of benzene rings is 1. The molecule has 120 valence electrons. The van der Waals surface area contributed by atoms with Gasteiger partial charge in [0.05, 0.1) is 12.0 Å². The Labute approximate surface area is 125 Å². The smallest absolute Gasteiger partial charge is 0.416 e. The van der Waals surface area contributed by atoms with E-state index in [0.717, 1.165) is 6.07 Å². The first-order chi connectivity index (χ1) is 10.2. The Morgan fingerprint density at radius 2 is 1.95 bits per heavy atom. The van der Waals surface area contributed by atoms with Gasteiger partial charge in [-0.05, 0) is 24.0 Å². The minimum Gasteiger partial charge on any atom is -0.481 e. The molecule has 22 heavy (non-hydrogen) atoms. The van der Waals surface area contributed by atoms with E-state index in [4.69, 9.17) is 5.11 Å². The van der Waals surface area contributed by atoms with Crippen molar-refractivity contribution in [1.29, 1.82) is 0 Å². The monoisotopic (exact) mass is 315 g/mol. The van der Waals surface area contributed by atoms with Crippen LogP contribution in [0, 0.1) is 5.92 Å². The molecule has 0 aromatic heterocycles. The van der Waals surface area contributed by atoms with E-state index in [2.05, 4.69) is 0 Å². The zero-order chi connectivity index (χ0) is 16.5. The second-order valence-electron chi connectivity index (χ2n) is 5.44. The van der Waals surface area contributed by atoms with Gasteiger partial charge in [0.25, 0.3) is 0 Å². The van der Waals surface area contributed by atoms with Gasteiger partial charge in [0.2, 0.25) is 5.91 Å². The largest absolute Gasteiger partial charge is 0.481 e. The molecule has 4 nitrogen and oxygen atoms in total. The first kappa shape index (κ1) is 16.3. The zero-order valence-electron chi connectivity index (χ0n) is 11.9. The number of hydrogen-bond acceptors (Lipinski definition) is 2. The van der Waals surface area contributed by atoms with Crippen LogP contribution in [0.15, 0.2) is 24.3 Å². The first-order valence-corrected chi connectivity index (χ1v) is 6.84. The number of carbonyl (C=O) groups is 2. The van der Waals surface area contributed by atoms with Crippen LogP contribution < -0.4 is 0 Å². The van der Waals surface area contributed by atoms with Gasteiger partial charge in [-0.25, -0.2) is 0 Å². The molecule has 0 aliphatic heterocycles. The van der Waals surface area contributed by atoms with Crippen molar-refractivity contribution in [2.75, 3.05) is 13.6 Å². The molecule has 0 saturated heterocycles. The highest BCUT2D eigenvalue weighted by Crippen LogP contribution is 2.51. The Balaban J connectivity index is 2.07. The Kier molecular flexibility index (Phi) is 4.44. The van der Waals surface area contributed by atoms with Crippen LogP contribution in [0.1, 0.15) is 29.9 Å². The highest BCUT2D eigenvalue weighted by Gasteiger charge is 2.48. The van der Waals surface area contributed by atoms with Crippen molar-refractivity contribution in [2.24, 2.45) is 5.92 Å². The summed E-state index contributed by atoms with van der Waals surface area (Å²) in [4.78, 5) is 23.9. The van der Waals surface area contributed by atoms with E-state index in [0.29, 0.717) is 6.42 Å². The van der Waals surface area contributed by atoms with E-state index in [1.807, 2.05) is 0 Å². The minimum atomic E-state index is -4.44. The Morgan fingerprint density at radius 1 is 1.32 bits per heavy atom. The van der Waals surface area contributed by atoms with E-state index < -0.39 is 29.5 Å². The van der Waals surface area contributed by atoms with Gasteiger partial charge in [-0.2, -0.15) is 13.2 Å². The maximum Gasteiger partial charge on any atom is 0.416 e. The Hall–Kier alpha value is -2.05. The standard InChI is InChI=1S/C15H16F3NO3/c1-19(7-6-13(20)21)14(22)11-8-10(11)9-4-2-3-5-12(9)15(16,17)18/h2-5,10-11H,6-8H2,1H3,(H,20,21)/t10-,11-/m0/s1. The van der Waals surface area contributed by atoms with Crippen LogP contribution >= 0.6 is 0 Å². The van der Waals surface area contributed by atoms with Gasteiger partial charge in [0.15, 0.2) is 0 Å². The third-order valence-electron chi connectivity index (χ3n) is 3.81. The van der Waals surface area contributed by atoms with Crippen LogP contribution in [0.4, 0.5) is 13.2 Å². The summed E-state index contributed by atoms with van der Waals surface area (Å²) < 4.78 is 38.9. The first-order valence-electron chi connectivity index (χ1n) is 6.84. The second kappa shape index (κ2) is 5.98. The van der Waals surface area contributed by atoms with Crippen LogP contribution in [-0.2, 0) is 15.8 Å². The molecular weight excluding hydrogens is 299 g/mol. The molecular formula is C15H16F3NO3. The van der Waals surface area contributed by atoms with E-state index in [-0.39, 0.29) is 24.4 Å². The summed E-state index contributed by atoms with van der Waals surface area (Å²) in [6.07, 6.45) is -4.26. The van der Waals surface area contributed by atoms with Crippen molar-refractivity contribution < 1.29 is 27.9 Å². The lowest BCUT2D eigenvalue weighted by Crippen LogP contribution is -2.30. The minimum absolute atomic E-state index is 0.0539. The molecule has 1 fully saturated rings. The quantitative estimate of drug-likeness (QED) is 0.909. The highest BCUT2D eigenvalue weighted by atomic mass is 19.4. The fourth-order valence-corrected chi connectivity index (χ4v) is 2.55. The molecule has 1 N–H and O–H groups in total. The molecule has 2 atom stereocenters. The van der Waals surface area contributed by atoms with Crippen LogP contribution in [-0.4, -0.2) is 35.5 Å². The molecule has 1 aliphatic rings. The van der Waals surface area contributed by atoms with Crippen LogP contribution in [0.25, 0.3) is 0 Å². The van der Waals surface area contributed by atoms with Gasteiger partial charge in [0, 0.05) is 19.5 Å². The summed E-state index contributed by atoms with van der Waals surface area (Å²) in [5.41, 5.74) is -0.566. The number of halogens is 3. The lowest BCUT2D eigenvalue weighted by molar-refractivity contribution is -0.140. The van der Waals surface area contributed by atoms with E-state index in [1.165, 1.54) is 30.1 Å². The van der Waals surface area contributed by atoms with Crippen molar-refractivity contribution in [3.05, 3.63) is 35.4 Å². The predicted molar refractivity (Wildman–Crippen MR) is 72.2 cm³/mol. The number of carboxylic acids is 1. The maximum atomic E-state index is 13.0. The van der Waals surface area contributed by atoms with Gasteiger partial charge in [0.1, 0.15) is 0 Å². The third kappa shape index (κ3) is 3.58. The molecule has 0 radical (unpaired) electrons. The molecule has 0 heterocycles. The predicted octanol–water partition coefficient (Wildman–Crippen LogP) is 2.74. The number of nitrogens with zero attached hydrogens (tertiary/aromatic N) is 1. The Bertz CT molecular complexity index is 586. The Morgan fingerprint density at radius 3 is 2.55 bits per heavy atom. The molecule has 2 rings (SSSR count). The lowest BCUT2D eigenvalue weighted by Gasteiger charge is -2.17. The number of carboxylic acid groups (broad SMARTS) is 1. The van der Waals surface area contributed by atoms with Gasteiger partial charge >= 0.3 is 12.1 Å². The summed E-state index contributed by atoms with van der Waals surface area (Å²) in [6, 6.07) is 5.27. The average molecular weight is 315 g/mol. The summed E-state index contributed by atoms with van der Waals surface area (Å²) >= 11 is 0. The summed E-state index contributed by atoms with van der Waals surface area (Å²) in [7, 11) is 1.47. The molecule has 1 saturated carbocycles. The summed E-state index contributed by atoms with van der Waals surface area (Å²) in [5.74, 6) is -2.27. The van der Waals surface area contributed by atoms with Crippen molar-refractivity contribution >= 4 is 11.9 Å². The molecule has 1 aromatic rings. The fraction of sp³-hybridized carbons (Fsp3) is 0.467. The SMILES string of the molecule is CN(CCC(=O)O)C(=O)[C@H]1C[C@H]1c1ccccc1C(F)(F)F. The van der Waals surface area contributed by atoms with Gasteiger partial charge in [-0.3, -0.25) is 9.59 Å². The van der Waals surface area contributed by atoms with Crippen LogP contribution in [0.2, 0.25) is 0 Å². The number of alkyl halides is 3. The van der Waals surface area contributed by atoms with Crippen molar-refractivity contribution in [1.82, 2.24) is 4.90 Å². The number of amides is 1. The topological polar surface area (TPSA) is 57.6 Å². The molecule has 1 aromatic carbocycles. The second-order valence-corrected chi connectivity index (χ2v) is 5.44. The normalized spacial score (nSPS) is 20.5. The zero-order valence-corrected chi connectivity index (χ0v) is 11.9. The van der Waals surface area contributed by atoms with Crippen molar-refractivity contribution in [3.63, 3.8) is 0 Å². The highest BCUT2D eigenvalue weighted by molar-refractivity contribution is 5.83. The molecule has 1 amide bonds. The van der Waals surface area contributed by atoms with E-state index in [1.54, 1.807) is 0 Å². The molecule has 1 aliphatic carbocycles. The number of rotatable bonds is 5. The number of hydrogen-bond donors (Lipinski definition) is 1. The summed E-state index contributed by atoms with van der Waals surface area (Å²) in [6.45, 7) is 0.0539. The molecule has 0 spiro atoms. The van der Waals surface area contributed by atoms with Gasteiger partial charge in [-0.15, -0.1) is 0 Å². The fourth-order valence-electron chi connectivity index (χ4n) is 2.55. The van der Waals surface area contributed by atoms with Crippen LogP contribution in [0.5, 0.6) is 0 Å². The average Bonchev–Trinajstić information content (AvgIpc) is 3.23. The molecule has 0 unspecified atom stereocenters. The van der Waals surface area contributed by atoms with Gasteiger partial charge in [-0.1, -0.05) is 18.2 Å². The van der Waals surface area contributed by atoms with Crippen molar-refractivity contribution in [2.45, 2.75) is 24.9 Å². The van der Waals surface area contributed by atoms with E-state index >= 15 is 0 Å². The van der Waals surface area contributed by atoms with E-state index in [9.17, 15) is 22.8 Å². The number of aliphatic carboxylic acids is 1. The summed E-state index contributed by atoms with van der Waals surface area (Å²) in [5, 5.41) is 8.59.